The number of nitrogens with one attached hydrogen (secondary N) is 1. The predicted octanol–water partition coefficient (Wildman–Crippen LogP) is 3.94. The summed E-state index contributed by atoms with van der Waals surface area (Å²) in [5.74, 6) is -0.276. The van der Waals surface area contributed by atoms with Gasteiger partial charge in [-0.25, -0.2) is 4.98 Å². The van der Waals surface area contributed by atoms with Crippen molar-refractivity contribution >= 4 is 45.6 Å². The highest BCUT2D eigenvalue weighted by Crippen LogP contribution is 2.32. The number of halogens is 2. The third kappa shape index (κ3) is 3.35. The highest BCUT2D eigenvalue weighted by Gasteiger charge is 2.17. The van der Waals surface area contributed by atoms with Crippen molar-refractivity contribution in [2.75, 3.05) is 18.5 Å². The largest absolute Gasteiger partial charge is 0.494 e. The monoisotopic (exact) mass is 356 g/mol. The second-order valence-electron chi connectivity index (χ2n) is 4.32. The van der Waals surface area contributed by atoms with Crippen molar-refractivity contribution in [1.82, 2.24) is 4.98 Å². The van der Waals surface area contributed by atoms with Gasteiger partial charge in [-0.1, -0.05) is 23.2 Å². The van der Waals surface area contributed by atoms with Crippen LogP contribution in [0.3, 0.4) is 0 Å². The maximum Gasteiger partial charge on any atom is 0.295 e. The first-order valence-electron chi connectivity index (χ1n) is 6.30. The quantitative estimate of drug-likeness (QED) is 0.904. The Kier molecular flexibility index (Phi) is 4.52. The average molecular weight is 357 g/mol. The summed E-state index contributed by atoms with van der Waals surface area (Å²) in [7, 11) is 0. The number of carbonyl (C=O) groups is 1. The first-order valence-corrected chi connectivity index (χ1v) is 7.94. The molecule has 5 nitrogen and oxygen atoms in total. The number of anilines is 1. The molecule has 0 fully saturated rings. The average Bonchev–Trinajstić information content (AvgIpc) is 2.99. The van der Waals surface area contributed by atoms with Gasteiger partial charge in [0.2, 0.25) is 5.76 Å². The van der Waals surface area contributed by atoms with E-state index in [9.17, 15) is 4.79 Å². The number of benzene rings is 1. The van der Waals surface area contributed by atoms with Gasteiger partial charge in [-0.15, -0.1) is 11.3 Å². The Balaban J connectivity index is 1.77. The molecule has 0 spiro atoms. The van der Waals surface area contributed by atoms with Crippen LogP contribution >= 0.6 is 34.5 Å². The third-order valence-electron chi connectivity index (χ3n) is 2.80. The summed E-state index contributed by atoms with van der Waals surface area (Å²) in [6, 6.07) is 5.13. The molecule has 0 saturated heterocycles. The fourth-order valence-corrected chi connectivity index (χ4v) is 2.89. The van der Waals surface area contributed by atoms with Gasteiger partial charge in [0.25, 0.3) is 5.91 Å². The van der Waals surface area contributed by atoms with Crippen molar-refractivity contribution in [2.24, 2.45) is 0 Å². The summed E-state index contributed by atoms with van der Waals surface area (Å²) in [5, 5.41) is 5.99. The van der Waals surface area contributed by atoms with Gasteiger partial charge in [-0.2, -0.15) is 0 Å². The lowest BCUT2D eigenvalue weighted by atomic mass is 10.2. The number of carbonyl (C=O) groups excluding carboxylic acids is 1. The molecule has 1 amide bonds. The minimum atomic E-state index is -0.405. The van der Waals surface area contributed by atoms with Crippen molar-refractivity contribution in [3.05, 3.63) is 45.6 Å². The number of amides is 1. The summed E-state index contributed by atoms with van der Waals surface area (Å²) >= 11 is 13.4. The van der Waals surface area contributed by atoms with Crippen LogP contribution in [0.15, 0.2) is 35.6 Å². The molecule has 0 radical (unpaired) electrons. The lowest BCUT2D eigenvalue weighted by Crippen LogP contribution is -2.21. The van der Waals surface area contributed by atoms with Crippen molar-refractivity contribution in [3.63, 3.8) is 0 Å². The van der Waals surface area contributed by atoms with Gasteiger partial charge in [-0.3, -0.25) is 10.1 Å². The number of hydrogen-bond donors (Lipinski definition) is 1. The highest BCUT2D eigenvalue weighted by atomic mass is 35.5. The van der Waals surface area contributed by atoms with E-state index >= 15 is 0 Å². The van der Waals surface area contributed by atoms with E-state index in [0.717, 1.165) is 0 Å². The lowest BCUT2D eigenvalue weighted by molar-refractivity contribution is -0.117. The second kappa shape index (κ2) is 6.56. The van der Waals surface area contributed by atoms with Gasteiger partial charge >= 0.3 is 0 Å². The minimum Gasteiger partial charge on any atom is -0.494 e. The first kappa shape index (κ1) is 15.1. The first-order chi connectivity index (χ1) is 10.6. The third-order valence-corrected chi connectivity index (χ3v) is 4.12. The van der Waals surface area contributed by atoms with E-state index in [4.69, 9.17) is 32.7 Å². The Morgan fingerprint density at radius 2 is 2.18 bits per heavy atom. The van der Waals surface area contributed by atoms with Crippen LogP contribution in [0.5, 0.6) is 0 Å². The lowest BCUT2D eigenvalue weighted by Gasteiger charge is -2.14. The maximum atomic E-state index is 12.0. The van der Waals surface area contributed by atoms with E-state index < -0.39 is 5.91 Å². The normalized spacial score (nSPS) is 13.8. The van der Waals surface area contributed by atoms with Crippen LogP contribution in [0.1, 0.15) is 0 Å². The standard InChI is InChI=1S/C14H10Cl2N2O3S/c15-8-1-2-10(16)9(5-8)11-7-22-14(17-11)18-13(19)12-6-20-3-4-21-12/h1-2,5-7H,3-4H2,(H,17,18,19). The molecule has 1 aliphatic heterocycles. The number of nitrogens with zero attached hydrogens (tertiary/aromatic N) is 1. The molecule has 2 aromatic rings. The zero-order valence-electron chi connectivity index (χ0n) is 11.1. The zero-order chi connectivity index (χ0) is 15.5. The summed E-state index contributed by atoms with van der Waals surface area (Å²) in [6.45, 7) is 0.784. The summed E-state index contributed by atoms with van der Waals surface area (Å²) in [4.78, 5) is 16.3. The SMILES string of the molecule is O=C(Nc1nc(-c2cc(Cl)ccc2Cl)cs1)C1=COCCO1. The molecule has 8 heteroatoms. The van der Waals surface area contributed by atoms with Gasteiger partial charge in [0.05, 0.1) is 10.7 Å². The van der Waals surface area contributed by atoms with E-state index in [1.165, 1.54) is 17.6 Å². The number of ether oxygens (including phenoxy) is 2. The van der Waals surface area contributed by atoms with Crippen LogP contribution in [0, 0.1) is 0 Å². The molecule has 3 rings (SSSR count). The number of hydrogen-bond acceptors (Lipinski definition) is 5. The van der Waals surface area contributed by atoms with Crippen molar-refractivity contribution in [2.45, 2.75) is 0 Å². The molecule has 1 aromatic heterocycles. The van der Waals surface area contributed by atoms with E-state index in [2.05, 4.69) is 10.3 Å². The van der Waals surface area contributed by atoms with Gasteiger partial charge in [0.1, 0.15) is 19.5 Å². The Labute approximate surface area is 140 Å². The van der Waals surface area contributed by atoms with E-state index in [0.29, 0.717) is 39.6 Å². The fourth-order valence-electron chi connectivity index (χ4n) is 1.79. The number of thiazole rings is 1. The Bertz CT molecular complexity index is 745. The predicted molar refractivity (Wildman–Crippen MR) is 86.2 cm³/mol. The fraction of sp³-hybridized carbons (Fsp3) is 0.143. The van der Waals surface area contributed by atoms with Crippen molar-refractivity contribution < 1.29 is 14.3 Å². The summed E-state index contributed by atoms with van der Waals surface area (Å²) < 4.78 is 10.2. The second-order valence-corrected chi connectivity index (χ2v) is 6.02. The molecule has 1 aliphatic rings. The molecule has 0 bridgehead atoms. The van der Waals surface area contributed by atoms with Crippen LogP contribution in [0.2, 0.25) is 10.0 Å². The number of aromatic nitrogens is 1. The maximum absolute atomic E-state index is 12.0. The summed E-state index contributed by atoms with van der Waals surface area (Å²) in [6.07, 6.45) is 1.29. The van der Waals surface area contributed by atoms with E-state index in [-0.39, 0.29) is 5.76 Å². The number of rotatable bonds is 3. The van der Waals surface area contributed by atoms with Crippen LogP contribution in [-0.4, -0.2) is 24.1 Å². The molecular formula is C14H10Cl2N2O3S. The van der Waals surface area contributed by atoms with Gasteiger partial charge < -0.3 is 9.47 Å². The van der Waals surface area contributed by atoms with Crippen molar-refractivity contribution in [3.8, 4) is 11.3 Å². The molecule has 22 heavy (non-hydrogen) atoms. The zero-order valence-corrected chi connectivity index (χ0v) is 13.5. The smallest absolute Gasteiger partial charge is 0.295 e. The molecule has 0 saturated carbocycles. The molecule has 1 aromatic carbocycles. The molecule has 2 heterocycles. The highest BCUT2D eigenvalue weighted by molar-refractivity contribution is 7.14. The van der Waals surface area contributed by atoms with Crippen LogP contribution in [0.25, 0.3) is 11.3 Å². The van der Waals surface area contributed by atoms with Crippen molar-refractivity contribution in [1.29, 1.82) is 0 Å². The van der Waals surface area contributed by atoms with Crippen LogP contribution in [-0.2, 0) is 14.3 Å². The molecule has 114 valence electrons. The Morgan fingerprint density at radius 1 is 1.32 bits per heavy atom. The molecule has 1 N–H and O–H groups in total. The topological polar surface area (TPSA) is 60.5 Å². The van der Waals surface area contributed by atoms with Crippen LogP contribution < -0.4 is 5.32 Å². The molecule has 0 aliphatic carbocycles. The Morgan fingerprint density at radius 3 is 2.95 bits per heavy atom. The molecule has 0 unspecified atom stereocenters. The Hall–Kier alpha value is -1.76. The van der Waals surface area contributed by atoms with E-state index in [1.807, 2.05) is 0 Å². The van der Waals surface area contributed by atoms with Gasteiger partial charge in [-0.05, 0) is 18.2 Å². The molecular weight excluding hydrogens is 347 g/mol. The van der Waals surface area contributed by atoms with Crippen LogP contribution in [0.4, 0.5) is 5.13 Å². The van der Waals surface area contributed by atoms with Gasteiger partial charge in [0.15, 0.2) is 5.13 Å². The minimum absolute atomic E-state index is 0.129. The molecule has 0 atom stereocenters. The van der Waals surface area contributed by atoms with Gasteiger partial charge in [0, 0.05) is 16.0 Å². The summed E-state index contributed by atoms with van der Waals surface area (Å²) in [5.41, 5.74) is 1.35. The van der Waals surface area contributed by atoms with E-state index in [1.54, 1.807) is 23.6 Å².